The molecule has 29 heavy (non-hydrogen) atoms. The molecule has 4 rings (SSSR count). The molecule has 0 fully saturated rings. The average molecular weight is 407 g/mol. The first-order chi connectivity index (χ1) is 14.0. The molecule has 7 nitrogen and oxygen atoms in total. The third-order valence-corrected chi connectivity index (χ3v) is 5.00. The van der Waals surface area contributed by atoms with Crippen molar-refractivity contribution in [1.82, 2.24) is 14.6 Å². The van der Waals surface area contributed by atoms with E-state index in [9.17, 15) is 9.59 Å². The molecule has 0 aliphatic heterocycles. The lowest BCUT2D eigenvalue weighted by molar-refractivity contribution is -0.131. The van der Waals surface area contributed by atoms with Crippen LogP contribution in [0.4, 0.5) is 0 Å². The molecule has 2 aromatic heterocycles. The zero-order valence-corrected chi connectivity index (χ0v) is 16.6. The molecule has 0 atom stereocenters. The zero-order valence-electron chi connectivity index (χ0n) is 15.8. The molecule has 0 unspecified atom stereocenters. The van der Waals surface area contributed by atoms with E-state index in [1.807, 2.05) is 31.2 Å². The van der Waals surface area contributed by atoms with Gasteiger partial charge in [0, 0.05) is 12.5 Å². The average Bonchev–Trinajstić information content (AvgIpc) is 3.24. The highest BCUT2D eigenvalue weighted by molar-refractivity contribution is 7.15. The Labute approximate surface area is 169 Å². The van der Waals surface area contributed by atoms with E-state index in [0.29, 0.717) is 27.7 Å². The lowest BCUT2D eigenvalue weighted by Gasteiger charge is -2.02. The van der Waals surface area contributed by atoms with Crippen molar-refractivity contribution in [2.75, 3.05) is 6.61 Å². The van der Waals surface area contributed by atoms with Crippen molar-refractivity contribution in [3.63, 3.8) is 0 Å². The van der Waals surface area contributed by atoms with Crippen LogP contribution >= 0.6 is 11.3 Å². The van der Waals surface area contributed by atoms with Crippen molar-refractivity contribution >= 4 is 28.3 Å². The van der Waals surface area contributed by atoms with Crippen molar-refractivity contribution in [1.29, 1.82) is 0 Å². The molecule has 146 valence electrons. The molecule has 4 aromatic rings. The summed E-state index contributed by atoms with van der Waals surface area (Å²) in [6, 6.07) is 14.4. The summed E-state index contributed by atoms with van der Waals surface area (Å²) < 4.78 is 12.3. The Kier molecular flexibility index (Phi) is 5.09. The number of fused-ring (bicyclic) bond motifs is 1. The topological polar surface area (TPSA) is 82.8 Å². The van der Waals surface area contributed by atoms with Gasteiger partial charge in [-0.05, 0) is 55.0 Å². The number of carbonyl (C=O) groups is 1. The first-order valence-electron chi connectivity index (χ1n) is 8.96. The van der Waals surface area contributed by atoms with E-state index in [1.165, 1.54) is 22.8 Å². The van der Waals surface area contributed by atoms with Crippen LogP contribution in [0.25, 0.3) is 22.4 Å². The van der Waals surface area contributed by atoms with E-state index in [0.717, 1.165) is 16.9 Å². The second-order valence-corrected chi connectivity index (χ2v) is 7.17. The van der Waals surface area contributed by atoms with Crippen molar-refractivity contribution in [2.45, 2.75) is 13.8 Å². The summed E-state index contributed by atoms with van der Waals surface area (Å²) in [5.74, 6) is 1.35. The van der Waals surface area contributed by atoms with Crippen LogP contribution in [-0.4, -0.2) is 27.2 Å². The van der Waals surface area contributed by atoms with Crippen LogP contribution in [0.1, 0.15) is 19.4 Å². The summed E-state index contributed by atoms with van der Waals surface area (Å²) in [6.07, 6.45) is 1.76. The summed E-state index contributed by atoms with van der Waals surface area (Å²) in [7, 11) is 0. The maximum absolute atomic E-state index is 12.7. The monoisotopic (exact) mass is 407 g/mol. The summed E-state index contributed by atoms with van der Waals surface area (Å²) >= 11 is 1.27. The first-order valence-corrected chi connectivity index (χ1v) is 9.78. The zero-order chi connectivity index (χ0) is 20.4. The van der Waals surface area contributed by atoms with Crippen LogP contribution in [0.5, 0.6) is 11.5 Å². The largest absolute Gasteiger partial charge is 0.494 e. The molecule has 0 bridgehead atoms. The fraction of sp³-hybridized carbons (Fsp3) is 0.143. The SMILES string of the molecule is CCOc1ccc(-c2nc3s/c(=C\c4ccc(OC(C)=O)cc4)c(=O)n3n2)cc1. The Balaban J connectivity index is 1.63. The van der Waals surface area contributed by atoms with Crippen LogP contribution in [-0.2, 0) is 4.79 Å². The molecule has 0 aliphatic rings. The highest BCUT2D eigenvalue weighted by Gasteiger charge is 2.12. The Morgan fingerprint density at radius 1 is 1.10 bits per heavy atom. The van der Waals surface area contributed by atoms with Crippen LogP contribution < -0.4 is 19.6 Å². The van der Waals surface area contributed by atoms with Crippen molar-refractivity contribution in [2.24, 2.45) is 0 Å². The highest BCUT2D eigenvalue weighted by Crippen LogP contribution is 2.20. The molecule has 8 heteroatoms. The molecule has 0 saturated heterocycles. The van der Waals surface area contributed by atoms with E-state index < -0.39 is 0 Å². The van der Waals surface area contributed by atoms with Gasteiger partial charge in [0.1, 0.15) is 11.5 Å². The third-order valence-electron chi connectivity index (χ3n) is 4.04. The molecule has 0 amide bonds. The predicted octanol–water partition coefficient (Wildman–Crippen LogP) is 2.69. The number of thiazole rings is 1. The van der Waals surface area contributed by atoms with Gasteiger partial charge in [-0.1, -0.05) is 23.5 Å². The van der Waals surface area contributed by atoms with E-state index in [4.69, 9.17) is 9.47 Å². The standard InChI is InChI=1S/C21H17N3O4S/c1-3-27-16-10-6-15(7-11-16)19-22-21-24(23-19)20(26)18(29-21)12-14-4-8-17(9-5-14)28-13(2)25/h4-12H,3H2,1-2H3/b18-12-. The van der Waals surface area contributed by atoms with Gasteiger partial charge in [-0.15, -0.1) is 5.10 Å². The van der Waals surface area contributed by atoms with Crippen LogP contribution in [0.3, 0.4) is 0 Å². The van der Waals surface area contributed by atoms with Gasteiger partial charge in [-0.2, -0.15) is 9.50 Å². The fourth-order valence-electron chi connectivity index (χ4n) is 2.77. The molecular formula is C21H17N3O4S. The van der Waals surface area contributed by atoms with Gasteiger partial charge >= 0.3 is 5.97 Å². The number of hydrogen-bond acceptors (Lipinski definition) is 7. The van der Waals surface area contributed by atoms with Gasteiger partial charge in [-0.25, -0.2) is 0 Å². The van der Waals surface area contributed by atoms with Gasteiger partial charge < -0.3 is 9.47 Å². The molecule has 0 aliphatic carbocycles. The number of benzene rings is 2. The van der Waals surface area contributed by atoms with Gasteiger partial charge in [0.25, 0.3) is 5.56 Å². The lowest BCUT2D eigenvalue weighted by Crippen LogP contribution is -2.23. The molecule has 0 saturated carbocycles. The molecule has 0 N–H and O–H groups in total. The normalized spacial score (nSPS) is 11.7. The first kappa shape index (κ1) is 18.8. The highest BCUT2D eigenvalue weighted by atomic mass is 32.1. The molecule has 2 aromatic carbocycles. The quantitative estimate of drug-likeness (QED) is 0.374. The molecular weight excluding hydrogens is 390 g/mol. The van der Waals surface area contributed by atoms with Crippen LogP contribution in [0, 0.1) is 0 Å². The maximum atomic E-state index is 12.7. The van der Waals surface area contributed by atoms with Gasteiger partial charge in [0.15, 0.2) is 5.82 Å². The van der Waals surface area contributed by atoms with E-state index >= 15 is 0 Å². The molecule has 0 radical (unpaired) electrons. The van der Waals surface area contributed by atoms with Gasteiger partial charge in [-0.3, -0.25) is 9.59 Å². The fourth-order valence-corrected chi connectivity index (χ4v) is 3.68. The van der Waals surface area contributed by atoms with Crippen molar-refractivity contribution in [3.05, 3.63) is 69.0 Å². The van der Waals surface area contributed by atoms with Gasteiger partial charge in [0.05, 0.1) is 11.1 Å². The Bertz CT molecular complexity index is 1270. The van der Waals surface area contributed by atoms with Crippen molar-refractivity contribution < 1.29 is 14.3 Å². The number of nitrogens with zero attached hydrogens (tertiary/aromatic N) is 3. The Morgan fingerprint density at radius 2 is 1.79 bits per heavy atom. The number of esters is 1. The lowest BCUT2D eigenvalue weighted by atomic mass is 10.2. The second kappa shape index (κ2) is 7.84. The van der Waals surface area contributed by atoms with E-state index in [-0.39, 0.29) is 11.5 Å². The number of hydrogen-bond donors (Lipinski definition) is 0. The molecule has 2 heterocycles. The minimum Gasteiger partial charge on any atom is -0.494 e. The Hall–Kier alpha value is -3.52. The number of ether oxygens (including phenoxy) is 2. The molecule has 0 spiro atoms. The number of aromatic nitrogens is 3. The minimum absolute atomic E-state index is 0.223. The third kappa shape index (κ3) is 4.02. The summed E-state index contributed by atoms with van der Waals surface area (Å²) in [5, 5.41) is 4.35. The maximum Gasteiger partial charge on any atom is 0.308 e. The van der Waals surface area contributed by atoms with E-state index in [2.05, 4.69) is 10.1 Å². The minimum atomic E-state index is -0.377. The van der Waals surface area contributed by atoms with Gasteiger partial charge in [0.2, 0.25) is 4.96 Å². The van der Waals surface area contributed by atoms with Crippen LogP contribution in [0.2, 0.25) is 0 Å². The number of rotatable bonds is 5. The second-order valence-electron chi connectivity index (χ2n) is 6.17. The number of carbonyl (C=O) groups excluding carboxylic acids is 1. The summed E-state index contributed by atoms with van der Waals surface area (Å²) in [6.45, 7) is 3.88. The summed E-state index contributed by atoms with van der Waals surface area (Å²) in [5.41, 5.74) is 1.41. The van der Waals surface area contributed by atoms with E-state index in [1.54, 1.807) is 30.3 Å². The predicted molar refractivity (Wildman–Crippen MR) is 110 cm³/mol. The smallest absolute Gasteiger partial charge is 0.308 e. The Morgan fingerprint density at radius 3 is 2.41 bits per heavy atom. The van der Waals surface area contributed by atoms with Crippen LogP contribution in [0.15, 0.2) is 53.3 Å². The van der Waals surface area contributed by atoms with Crippen molar-refractivity contribution in [3.8, 4) is 22.9 Å². The summed E-state index contributed by atoms with van der Waals surface area (Å²) in [4.78, 5) is 28.7.